The lowest BCUT2D eigenvalue weighted by Crippen LogP contribution is -2.05. The molecule has 0 saturated carbocycles. The summed E-state index contributed by atoms with van der Waals surface area (Å²) in [7, 11) is 3.03. The number of allylic oxidation sites excluding steroid dienone is 1. The molecule has 2 aromatic carbocycles. The van der Waals surface area contributed by atoms with Gasteiger partial charge in [0.25, 0.3) is 0 Å². The summed E-state index contributed by atoms with van der Waals surface area (Å²) in [6.45, 7) is 2.39. The summed E-state index contributed by atoms with van der Waals surface area (Å²) in [6, 6.07) is 10.5. The van der Waals surface area contributed by atoms with Gasteiger partial charge in [-0.05, 0) is 70.4 Å². The maximum absolute atomic E-state index is 12.2. The van der Waals surface area contributed by atoms with Crippen LogP contribution in [0.4, 0.5) is 0 Å². The van der Waals surface area contributed by atoms with Gasteiger partial charge in [0.05, 0.1) is 31.4 Å². The van der Waals surface area contributed by atoms with Gasteiger partial charge in [0.1, 0.15) is 0 Å². The van der Waals surface area contributed by atoms with E-state index in [9.17, 15) is 4.79 Å². The van der Waals surface area contributed by atoms with Crippen molar-refractivity contribution in [2.75, 3.05) is 20.8 Å². The third kappa shape index (κ3) is 6.13. The number of carbonyl (C=O) groups excluding carboxylic acids is 1. The molecule has 0 N–H and O–H groups in total. The summed E-state index contributed by atoms with van der Waals surface area (Å²) in [4.78, 5) is 12.2. The number of benzene rings is 2. The minimum atomic E-state index is -0.562. The summed E-state index contributed by atoms with van der Waals surface area (Å²) in [5, 5.41) is 8.61. The van der Waals surface area contributed by atoms with Crippen molar-refractivity contribution in [1.29, 1.82) is 5.26 Å². The third-order valence-electron chi connectivity index (χ3n) is 3.70. The fourth-order valence-electron chi connectivity index (χ4n) is 2.43. The zero-order valence-electron chi connectivity index (χ0n) is 16.3. The molecule has 6 nitrogen and oxygen atoms in total. The molecule has 0 aliphatic rings. The zero-order valence-corrected chi connectivity index (χ0v) is 17.9. The normalized spacial score (nSPS) is 10.7. The zero-order chi connectivity index (χ0) is 21.2. The largest absolute Gasteiger partial charge is 0.493 e. The Morgan fingerprint density at radius 1 is 1.07 bits per heavy atom. The molecule has 0 bridgehead atoms. The third-order valence-corrected chi connectivity index (χ3v) is 4.29. The highest BCUT2D eigenvalue weighted by atomic mass is 79.9. The molecule has 0 heterocycles. The van der Waals surface area contributed by atoms with Crippen LogP contribution in [0.3, 0.4) is 0 Å². The molecule has 0 amide bonds. The Morgan fingerprint density at radius 2 is 1.79 bits per heavy atom. The van der Waals surface area contributed by atoms with Crippen LogP contribution in [-0.4, -0.2) is 26.8 Å². The average molecular weight is 458 g/mol. The van der Waals surface area contributed by atoms with Gasteiger partial charge in [-0.25, -0.2) is 4.79 Å². The molecule has 0 aromatic heterocycles. The van der Waals surface area contributed by atoms with Crippen LogP contribution in [0.5, 0.6) is 23.0 Å². The number of nitrogens with zero attached hydrogens (tertiary/aromatic N) is 1. The molecule has 0 saturated heterocycles. The Hall–Kier alpha value is -3.24. The minimum absolute atomic E-state index is 0.279. The fraction of sp³-hybridized carbons (Fsp3) is 0.182. The lowest BCUT2D eigenvalue weighted by molar-refractivity contribution is -0.129. The Kier molecular flexibility index (Phi) is 8.31. The first-order chi connectivity index (χ1) is 14.0. The molecule has 150 valence electrons. The molecular weight excluding hydrogens is 438 g/mol. The highest BCUT2D eigenvalue weighted by Crippen LogP contribution is 2.37. The average Bonchev–Trinajstić information content (AvgIpc) is 2.73. The van der Waals surface area contributed by atoms with Gasteiger partial charge in [0.2, 0.25) is 0 Å². The minimum Gasteiger partial charge on any atom is -0.493 e. The monoisotopic (exact) mass is 457 g/mol. The van der Waals surface area contributed by atoms with Crippen molar-refractivity contribution in [3.63, 3.8) is 0 Å². The predicted molar refractivity (Wildman–Crippen MR) is 114 cm³/mol. The number of carbonyl (C=O) groups is 1. The first-order valence-electron chi connectivity index (χ1n) is 8.66. The molecule has 2 aromatic rings. The number of esters is 1. The van der Waals surface area contributed by atoms with Crippen LogP contribution in [0.1, 0.15) is 18.1 Å². The Bertz CT molecular complexity index is 976. The van der Waals surface area contributed by atoms with E-state index < -0.39 is 5.97 Å². The molecule has 7 heteroatoms. The predicted octanol–water partition coefficient (Wildman–Crippen LogP) is 5.02. The molecule has 2 rings (SSSR count). The lowest BCUT2D eigenvalue weighted by Gasteiger charge is -2.12. The van der Waals surface area contributed by atoms with Crippen LogP contribution in [-0.2, 0) is 4.79 Å². The summed E-state index contributed by atoms with van der Waals surface area (Å²) in [5.41, 5.74) is 1.49. The first kappa shape index (κ1) is 22.1. The molecule has 0 atom stereocenters. The Morgan fingerprint density at radius 3 is 2.45 bits per heavy atom. The molecule has 29 heavy (non-hydrogen) atoms. The molecular formula is C22H20BrNO5. The maximum atomic E-state index is 12.2. The number of rotatable bonds is 8. The van der Waals surface area contributed by atoms with E-state index in [2.05, 4.69) is 15.9 Å². The smallest absolute Gasteiger partial charge is 0.336 e. The van der Waals surface area contributed by atoms with Gasteiger partial charge in [-0.2, -0.15) is 5.26 Å². The maximum Gasteiger partial charge on any atom is 0.336 e. The van der Waals surface area contributed by atoms with Gasteiger partial charge in [-0.3, -0.25) is 0 Å². The van der Waals surface area contributed by atoms with Crippen molar-refractivity contribution in [2.24, 2.45) is 0 Å². The summed E-state index contributed by atoms with van der Waals surface area (Å²) in [5.74, 6) is 1.26. The van der Waals surface area contributed by atoms with E-state index >= 15 is 0 Å². The van der Waals surface area contributed by atoms with E-state index in [0.717, 1.165) is 15.6 Å². The Balaban J connectivity index is 2.17. The first-order valence-corrected chi connectivity index (χ1v) is 9.46. The molecule has 0 aliphatic heterocycles. The van der Waals surface area contributed by atoms with Crippen molar-refractivity contribution in [3.8, 4) is 29.1 Å². The van der Waals surface area contributed by atoms with Gasteiger partial charge >= 0.3 is 5.97 Å². The summed E-state index contributed by atoms with van der Waals surface area (Å²) >= 11 is 3.45. The molecule has 0 spiro atoms. The molecule has 0 radical (unpaired) electrons. The number of halogens is 1. The number of nitriles is 1. The highest BCUT2D eigenvalue weighted by Gasteiger charge is 2.11. The van der Waals surface area contributed by atoms with E-state index in [0.29, 0.717) is 23.9 Å². The van der Waals surface area contributed by atoms with Gasteiger partial charge in [0, 0.05) is 12.2 Å². The van der Waals surface area contributed by atoms with Gasteiger partial charge in [0.15, 0.2) is 23.0 Å². The fourth-order valence-corrected chi connectivity index (χ4v) is 3.01. The van der Waals surface area contributed by atoms with Crippen molar-refractivity contribution in [2.45, 2.75) is 6.92 Å². The van der Waals surface area contributed by atoms with Crippen LogP contribution in [0.2, 0.25) is 0 Å². The number of hydrogen-bond donors (Lipinski definition) is 0. The van der Waals surface area contributed by atoms with Crippen molar-refractivity contribution in [1.82, 2.24) is 0 Å². The second-order valence-corrected chi connectivity index (χ2v) is 6.45. The lowest BCUT2D eigenvalue weighted by atomic mass is 10.2. The van der Waals surface area contributed by atoms with E-state index in [4.69, 9.17) is 24.2 Å². The van der Waals surface area contributed by atoms with Crippen molar-refractivity contribution >= 4 is 34.1 Å². The number of methoxy groups -OCH3 is 2. The SMILES string of the molecule is CCOc1c(Br)cc(/C=C/C(=O)Oc2ccc(/C=C\C#N)cc2OC)cc1OC. The number of ether oxygens (including phenoxy) is 4. The number of hydrogen-bond acceptors (Lipinski definition) is 6. The van der Waals surface area contributed by atoms with Crippen LogP contribution in [0.25, 0.3) is 12.2 Å². The van der Waals surface area contributed by atoms with E-state index in [1.807, 2.05) is 19.1 Å². The highest BCUT2D eigenvalue weighted by molar-refractivity contribution is 9.10. The Labute approximate surface area is 178 Å². The summed E-state index contributed by atoms with van der Waals surface area (Å²) < 4.78 is 22.2. The van der Waals surface area contributed by atoms with Crippen molar-refractivity contribution in [3.05, 3.63) is 58.1 Å². The standard InChI is InChI=1S/C22H20BrNO5/c1-4-28-22-17(23)12-16(14-20(22)27-3)8-10-21(25)29-18-9-7-15(6-5-11-24)13-19(18)26-2/h5-10,12-14H,4H2,1-3H3/b6-5-,10-8+. The second-order valence-electron chi connectivity index (χ2n) is 5.59. The topological polar surface area (TPSA) is 77.8 Å². The van der Waals surface area contributed by atoms with Gasteiger partial charge < -0.3 is 18.9 Å². The van der Waals surface area contributed by atoms with Gasteiger partial charge in [-0.15, -0.1) is 0 Å². The van der Waals surface area contributed by atoms with Gasteiger partial charge in [-0.1, -0.05) is 6.07 Å². The summed E-state index contributed by atoms with van der Waals surface area (Å²) in [6.07, 6.45) is 5.91. The second kappa shape index (κ2) is 10.9. The molecule has 0 unspecified atom stereocenters. The van der Waals surface area contributed by atoms with Crippen LogP contribution < -0.4 is 18.9 Å². The molecule has 0 aliphatic carbocycles. The molecule has 0 fully saturated rings. The van der Waals surface area contributed by atoms with Crippen LogP contribution in [0.15, 0.2) is 47.0 Å². The van der Waals surface area contributed by atoms with E-state index in [-0.39, 0.29) is 5.75 Å². The van der Waals surface area contributed by atoms with E-state index in [1.54, 1.807) is 43.5 Å². The van der Waals surface area contributed by atoms with Crippen LogP contribution in [0, 0.1) is 11.3 Å². The van der Waals surface area contributed by atoms with E-state index in [1.165, 1.54) is 19.3 Å². The van der Waals surface area contributed by atoms with Crippen LogP contribution >= 0.6 is 15.9 Å². The quantitative estimate of drug-likeness (QED) is 0.239. The van der Waals surface area contributed by atoms with Crippen molar-refractivity contribution < 1.29 is 23.7 Å².